The molecule has 1 fully saturated rings. The maximum atomic E-state index is 13.0. The lowest BCUT2D eigenvalue weighted by Crippen LogP contribution is -2.44. The molecule has 0 spiro atoms. The molecule has 11 heteroatoms. The summed E-state index contributed by atoms with van der Waals surface area (Å²) in [5.41, 5.74) is 1.15. The largest absolute Gasteiger partial charge is 0.481 e. The van der Waals surface area contributed by atoms with Crippen molar-refractivity contribution in [2.24, 2.45) is 5.92 Å². The topological polar surface area (TPSA) is 142 Å². The van der Waals surface area contributed by atoms with E-state index in [2.05, 4.69) is 9.72 Å². The molecule has 1 aromatic carbocycles. The minimum atomic E-state index is -1.37. The van der Waals surface area contributed by atoms with Gasteiger partial charge in [0.2, 0.25) is 5.88 Å². The number of esters is 2. The fourth-order valence-electron chi connectivity index (χ4n) is 4.19. The van der Waals surface area contributed by atoms with Crippen molar-refractivity contribution in [3.05, 3.63) is 59.3 Å². The van der Waals surface area contributed by atoms with Crippen LogP contribution in [0.15, 0.2) is 42.5 Å². The molecule has 2 heterocycles. The molecular formula is C24H26N2O9. The second-order valence-corrected chi connectivity index (χ2v) is 7.81. The summed E-state index contributed by atoms with van der Waals surface area (Å²) in [4.78, 5) is 54.5. The molecule has 0 radical (unpaired) electrons. The van der Waals surface area contributed by atoms with Gasteiger partial charge in [-0.15, -0.1) is 0 Å². The smallest absolute Gasteiger partial charge is 0.410 e. The van der Waals surface area contributed by atoms with Gasteiger partial charge in [-0.3, -0.25) is 9.69 Å². The Bertz CT molecular complexity index is 1090. The zero-order valence-electron chi connectivity index (χ0n) is 19.5. The number of rotatable bonds is 8. The van der Waals surface area contributed by atoms with E-state index in [1.54, 1.807) is 30.3 Å². The standard InChI is InChI=1S/C24H26N2O9/c1-32-19(27)11-16-17(15-9-10-18(23(30)34-3)25-21(15)33-2)12-26(20(16)22(28)29)24(31)35-13-14-7-5-4-6-8-14/h4-10,16-17,20H,11-13H2,1-3H3,(H,28,29)/t16-,17+,20-/m0/s1. The number of hydrogen-bond acceptors (Lipinski definition) is 9. The van der Waals surface area contributed by atoms with Gasteiger partial charge in [0, 0.05) is 23.9 Å². The van der Waals surface area contributed by atoms with Crippen molar-refractivity contribution in [3.8, 4) is 5.88 Å². The summed E-state index contributed by atoms with van der Waals surface area (Å²) in [5, 5.41) is 10.0. The van der Waals surface area contributed by atoms with Crippen molar-refractivity contribution in [1.82, 2.24) is 9.88 Å². The van der Waals surface area contributed by atoms with Gasteiger partial charge in [-0.05, 0) is 11.6 Å². The Labute approximate surface area is 201 Å². The third kappa shape index (κ3) is 5.68. The Hall–Kier alpha value is -4.15. The van der Waals surface area contributed by atoms with Crippen molar-refractivity contribution in [3.63, 3.8) is 0 Å². The van der Waals surface area contributed by atoms with Crippen LogP contribution in [-0.2, 0) is 30.4 Å². The van der Waals surface area contributed by atoms with E-state index in [0.29, 0.717) is 5.56 Å². The SMILES string of the molecule is COC(=O)C[C@H]1[C@@H](c2ccc(C(=O)OC)nc2OC)CN(C(=O)OCc2ccccc2)[C@@H]1C(=O)O. The maximum Gasteiger partial charge on any atom is 0.410 e. The fourth-order valence-corrected chi connectivity index (χ4v) is 4.19. The van der Waals surface area contributed by atoms with E-state index in [1.165, 1.54) is 27.4 Å². The molecular weight excluding hydrogens is 460 g/mol. The second-order valence-electron chi connectivity index (χ2n) is 7.81. The molecule has 1 aromatic heterocycles. The van der Waals surface area contributed by atoms with E-state index in [0.717, 1.165) is 10.5 Å². The van der Waals surface area contributed by atoms with Crippen LogP contribution < -0.4 is 4.74 Å². The van der Waals surface area contributed by atoms with Gasteiger partial charge in [-0.1, -0.05) is 36.4 Å². The highest BCUT2D eigenvalue weighted by Gasteiger charge is 2.51. The van der Waals surface area contributed by atoms with Crippen LogP contribution in [0.2, 0.25) is 0 Å². The summed E-state index contributed by atoms with van der Waals surface area (Å²) in [7, 11) is 3.75. The van der Waals surface area contributed by atoms with Crippen LogP contribution >= 0.6 is 0 Å². The van der Waals surface area contributed by atoms with Gasteiger partial charge in [-0.2, -0.15) is 0 Å². The van der Waals surface area contributed by atoms with E-state index in [-0.39, 0.29) is 31.1 Å². The molecule has 1 aliphatic heterocycles. The van der Waals surface area contributed by atoms with Crippen molar-refractivity contribution < 1.29 is 43.2 Å². The molecule has 3 rings (SSSR count). The molecule has 0 bridgehead atoms. The first-order chi connectivity index (χ1) is 16.8. The number of carboxylic acid groups (broad SMARTS) is 1. The molecule has 1 N–H and O–H groups in total. The number of likely N-dealkylation sites (tertiary alicyclic amines) is 1. The minimum absolute atomic E-state index is 0.00970. The molecule has 0 aliphatic carbocycles. The quantitative estimate of drug-likeness (QED) is 0.436. The van der Waals surface area contributed by atoms with Crippen LogP contribution in [-0.4, -0.2) is 72.9 Å². The molecule has 1 amide bonds. The highest BCUT2D eigenvalue weighted by atomic mass is 16.6. The van der Waals surface area contributed by atoms with Crippen molar-refractivity contribution >= 4 is 24.0 Å². The molecule has 0 unspecified atom stereocenters. The third-order valence-corrected chi connectivity index (χ3v) is 5.85. The minimum Gasteiger partial charge on any atom is -0.481 e. The summed E-state index contributed by atoms with van der Waals surface area (Å²) >= 11 is 0. The van der Waals surface area contributed by atoms with Crippen LogP contribution in [0, 0.1) is 5.92 Å². The molecule has 3 atom stereocenters. The first-order valence-electron chi connectivity index (χ1n) is 10.7. The molecule has 11 nitrogen and oxygen atoms in total. The predicted molar refractivity (Wildman–Crippen MR) is 120 cm³/mol. The summed E-state index contributed by atoms with van der Waals surface area (Å²) in [6.45, 7) is -0.130. The highest BCUT2D eigenvalue weighted by molar-refractivity contribution is 5.87. The lowest BCUT2D eigenvalue weighted by molar-refractivity contribution is -0.145. The van der Waals surface area contributed by atoms with Crippen molar-refractivity contribution in [1.29, 1.82) is 0 Å². The number of hydrogen-bond donors (Lipinski definition) is 1. The van der Waals surface area contributed by atoms with Crippen LogP contribution in [0.5, 0.6) is 5.88 Å². The normalized spacial score (nSPS) is 19.1. The number of methoxy groups -OCH3 is 3. The monoisotopic (exact) mass is 486 g/mol. The number of amides is 1. The molecule has 2 aromatic rings. The summed E-state index contributed by atoms with van der Waals surface area (Å²) in [6.07, 6.45) is -1.11. The van der Waals surface area contributed by atoms with Gasteiger partial charge in [0.05, 0.1) is 27.8 Å². The van der Waals surface area contributed by atoms with E-state index < -0.39 is 41.9 Å². The highest BCUT2D eigenvalue weighted by Crippen LogP contribution is 2.43. The van der Waals surface area contributed by atoms with Gasteiger partial charge < -0.3 is 24.1 Å². The summed E-state index contributed by atoms with van der Waals surface area (Å²) < 4.78 is 20.2. The fraction of sp³-hybridized carbons (Fsp3) is 0.375. The Morgan fingerprint density at radius 2 is 1.74 bits per heavy atom. The van der Waals surface area contributed by atoms with Crippen LogP contribution in [0.1, 0.15) is 34.0 Å². The number of ether oxygens (including phenoxy) is 4. The van der Waals surface area contributed by atoms with Crippen LogP contribution in [0.25, 0.3) is 0 Å². The summed E-state index contributed by atoms with van der Waals surface area (Å²) in [5.74, 6) is -4.10. The number of pyridine rings is 1. The van der Waals surface area contributed by atoms with E-state index in [9.17, 15) is 24.3 Å². The van der Waals surface area contributed by atoms with Gasteiger partial charge in [0.25, 0.3) is 0 Å². The molecule has 1 aliphatic rings. The number of nitrogens with zero attached hydrogens (tertiary/aromatic N) is 2. The number of carbonyl (C=O) groups excluding carboxylic acids is 3. The van der Waals surface area contributed by atoms with Crippen LogP contribution in [0.3, 0.4) is 0 Å². The van der Waals surface area contributed by atoms with Gasteiger partial charge in [0.15, 0.2) is 5.69 Å². The van der Waals surface area contributed by atoms with Crippen LogP contribution in [0.4, 0.5) is 4.79 Å². The zero-order valence-corrected chi connectivity index (χ0v) is 19.5. The Kier molecular flexibility index (Phi) is 8.24. The van der Waals surface area contributed by atoms with E-state index in [1.807, 2.05) is 6.07 Å². The molecule has 0 saturated carbocycles. The first kappa shape index (κ1) is 25.5. The second kappa shape index (κ2) is 11.3. The van der Waals surface area contributed by atoms with Crippen molar-refractivity contribution in [2.45, 2.75) is 25.0 Å². The average Bonchev–Trinajstić information content (AvgIpc) is 3.25. The first-order valence-corrected chi connectivity index (χ1v) is 10.7. The molecule has 35 heavy (non-hydrogen) atoms. The zero-order chi connectivity index (χ0) is 25.5. The number of benzene rings is 1. The van der Waals surface area contributed by atoms with E-state index in [4.69, 9.17) is 14.2 Å². The van der Waals surface area contributed by atoms with Crippen molar-refractivity contribution in [2.75, 3.05) is 27.9 Å². The maximum absolute atomic E-state index is 13.0. The van der Waals surface area contributed by atoms with Gasteiger partial charge >= 0.3 is 24.0 Å². The van der Waals surface area contributed by atoms with Gasteiger partial charge in [0.1, 0.15) is 12.6 Å². The van der Waals surface area contributed by atoms with E-state index >= 15 is 0 Å². The lowest BCUT2D eigenvalue weighted by atomic mass is 9.83. The summed E-state index contributed by atoms with van der Waals surface area (Å²) in [6, 6.07) is 10.5. The molecule has 1 saturated heterocycles. The van der Waals surface area contributed by atoms with Gasteiger partial charge in [-0.25, -0.2) is 19.4 Å². The lowest BCUT2D eigenvalue weighted by Gasteiger charge is -2.24. The Morgan fingerprint density at radius 3 is 2.34 bits per heavy atom. The Morgan fingerprint density at radius 1 is 1.03 bits per heavy atom. The third-order valence-electron chi connectivity index (χ3n) is 5.85. The molecule has 186 valence electrons. The number of aromatic nitrogens is 1. The number of carbonyl (C=O) groups is 4. The number of carboxylic acids is 1. The Balaban J connectivity index is 1.96. The average molecular weight is 486 g/mol. The predicted octanol–water partition coefficient (Wildman–Crippen LogP) is 2.25. The number of aliphatic carboxylic acids is 1.